The van der Waals surface area contributed by atoms with Gasteiger partial charge in [-0.1, -0.05) is 13.3 Å². The standard InChI is InChI=1S/C31H48N4O7/c1-6-7-12-32(14-9-16-35(2,3)4)28(37)20-34-19-23(22-17-25(40-5)30-26(18-22)41-21-42-30)29(31(38)39)24(34)11-15-33-13-8-10-27(33)36/h17-18,23-24,29H,6-16,19-21H2,1-5H3/p+1/t23-,24+,29?/m1/s1. The van der Waals surface area contributed by atoms with Gasteiger partial charge in [0, 0.05) is 57.5 Å². The second kappa shape index (κ2) is 13.9. The number of unbranched alkanes of at least 4 members (excludes halogenated alkanes) is 1. The number of methoxy groups -OCH3 is 1. The molecule has 11 nitrogen and oxygen atoms in total. The first-order valence-corrected chi connectivity index (χ1v) is 15.3. The van der Waals surface area contributed by atoms with Crippen LogP contribution in [0.2, 0.25) is 0 Å². The highest BCUT2D eigenvalue weighted by molar-refractivity contribution is 5.79. The number of amides is 2. The molecule has 1 aromatic rings. The SMILES string of the molecule is CCCCN(CCC[N+](C)(C)C)C(=O)CN1C[C@H](c2cc(OC)c3c(c2)OCO3)C(C(=O)O)[C@@H]1CCN1CCCC1=O. The van der Waals surface area contributed by atoms with Gasteiger partial charge in [0.25, 0.3) is 0 Å². The number of fused-ring (bicyclic) bond motifs is 1. The van der Waals surface area contributed by atoms with Gasteiger partial charge in [0.15, 0.2) is 11.5 Å². The maximum atomic E-state index is 13.8. The van der Waals surface area contributed by atoms with Crippen molar-refractivity contribution >= 4 is 17.8 Å². The number of carbonyl (C=O) groups excluding carboxylic acids is 2. The molecule has 3 atom stereocenters. The molecule has 3 aliphatic heterocycles. The number of ether oxygens (including phenoxy) is 3. The maximum absolute atomic E-state index is 13.8. The van der Waals surface area contributed by atoms with Crippen LogP contribution in [0.1, 0.15) is 56.9 Å². The highest BCUT2D eigenvalue weighted by Crippen LogP contribution is 2.47. The summed E-state index contributed by atoms with van der Waals surface area (Å²) in [5.74, 6) is -0.366. The van der Waals surface area contributed by atoms with Gasteiger partial charge in [-0.25, -0.2) is 0 Å². The quantitative estimate of drug-likeness (QED) is 0.311. The normalized spacial score (nSPS) is 22.2. The summed E-state index contributed by atoms with van der Waals surface area (Å²) in [6, 6.07) is 3.27. The number of likely N-dealkylation sites (tertiary alicyclic amines) is 2. The maximum Gasteiger partial charge on any atom is 0.308 e. The van der Waals surface area contributed by atoms with Gasteiger partial charge in [-0.05, 0) is 37.0 Å². The summed E-state index contributed by atoms with van der Waals surface area (Å²) in [6.07, 6.45) is 4.67. The Labute approximate surface area is 249 Å². The van der Waals surface area contributed by atoms with Gasteiger partial charge in [0.2, 0.25) is 24.4 Å². The van der Waals surface area contributed by atoms with Crippen molar-refractivity contribution in [1.29, 1.82) is 0 Å². The molecule has 1 N–H and O–H groups in total. The van der Waals surface area contributed by atoms with Crippen LogP contribution in [0.4, 0.5) is 0 Å². The van der Waals surface area contributed by atoms with E-state index in [1.54, 1.807) is 7.11 Å². The minimum absolute atomic E-state index is 0.0279. The number of aliphatic carboxylic acids is 1. The summed E-state index contributed by atoms with van der Waals surface area (Å²) >= 11 is 0. The summed E-state index contributed by atoms with van der Waals surface area (Å²) in [7, 11) is 8.00. The van der Waals surface area contributed by atoms with Crippen molar-refractivity contribution in [3.05, 3.63) is 17.7 Å². The van der Waals surface area contributed by atoms with Crippen molar-refractivity contribution in [2.45, 2.75) is 57.4 Å². The Morgan fingerprint density at radius 2 is 1.93 bits per heavy atom. The Hall–Kier alpha value is -3.05. The largest absolute Gasteiger partial charge is 0.493 e. The average molecular weight is 590 g/mol. The molecule has 2 fully saturated rings. The van der Waals surface area contributed by atoms with Crippen LogP contribution < -0.4 is 14.2 Å². The minimum Gasteiger partial charge on any atom is -0.493 e. The van der Waals surface area contributed by atoms with Crippen molar-refractivity contribution in [2.75, 3.05) is 80.9 Å². The van der Waals surface area contributed by atoms with Gasteiger partial charge < -0.3 is 33.6 Å². The molecule has 0 bridgehead atoms. The Kier molecular flexibility index (Phi) is 10.6. The molecule has 0 spiro atoms. The molecule has 4 rings (SSSR count). The number of rotatable bonds is 15. The minimum atomic E-state index is -0.907. The first-order valence-electron chi connectivity index (χ1n) is 15.3. The third-order valence-electron chi connectivity index (χ3n) is 8.74. The van der Waals surface area contributed by atoms with E-state index in [1.807, 2.05) is 26.8 Å². The summed E-state index contributed by atoms with van der Waals surface area (Å²) in [5.41, 5.74) is 0.784. The lowest BCUT2D eigenvalue weighted by atomic mass is 9.84. The molecule has 2 saturated heterocycles. The second-order valence-electron chi connectivity index (χ2n) is 12.8. The fourth-order valence-electron chi connectivity index (χ4n) is 6.50. The van der Waals surface area contributed by atoms with Gasteiger partial charge in [0.1, 0.15) is 0 Å². The molecule has 11 heteroatoms. The summed E-state index contributed by atoms with van der Waals surface area (Å²) in [4.78, 5) is 44.9. The summed E-state index contributed by atoms with van der Waals surface area (Å²) in [6.45, 7) is 6.27. The van der Waals surface area contributed by atoms with Gasteiger partial charge in [-0.2, -0.15) is 0 Å². The number of carbonyl (C=O) groups is 3. The number of quaternary nitrogens is 1. The monoisotopic (exact) mass is 589 g/mol. The van der Waals surface area contributed by atoms with E-state index in [1.165, 1.54) is 0 Å². The zero-order chi connectivity index (χ0) is 30.4. The van der Waals surface area contributed by atoms with Crippen molar-refractivity contribution in [1.82, 2.24) is 14.7 Å². The van der Waals surface area contributed by atoms with E-state index in [2.05, 4.69) is 28.1 Å². The van der Waals surface area contributed by atoms with Crippen LogP contribution in [-0.4, -0.2) is 129 Å². The zero-order valence-corrected chi connectivity index (χ0v) is 26.0. The van der Waals surface area contributed by atoms with Crippen LogP contribution in [0.5, 0.6) is 17.2 Å². The first kappa shape index (κ1) is 31.9. The Bertz CT molecular complexity index is 1120. The molecule has 0 aliphatic carbocycles. The third-order valence-corrected chi connectivity index (χ3v) is 8.74. The van der Waals surface area contributed by atoms with Gasteiger partial charge >= 0.3 is 5.97 Å². The predicted octanol–water partition coefficient (Wildman–Crippen LogP) is 2.63. The lowest BCUT2D eigenvalue weighted by Gasteiger charge is -2.31. The molecule has 42 heavy (non-hydrogen) atoms. The topological polar surface area (TPSA) is 109 Å². The number of carboxylic acid groups (broad SMARTS) is 1. The van der Waals surface area contributed by atoms with Gasteiger partial charge in [-0.3, -0.25) is 19.3 Å². The third kappa shape index (κ3) is 7.66. The molecule has 0 radical (unpaired) electrons. The molecular weight excluding hydrogens is 540 g/mol. The lowest BCUT2D eigenvalue weighted by Crippen LogP contribution is -2.46. The van der Waals surface area contributed by atoms with Crippen LogP contribution in [-0.2, 0) is 14.4 Å². The van der Waals surface area contributed by atoms with E-state index in [-0.39, 0.29) is 31.1 Å². The molecule has 0 saturated carbocycles. The highest BCUT2D eigenvalue weighted by atomic mass is 16.7. The number of benzene rings is 1. The molecule has 3 heterocycles. The van der Waals surface area contributed by atoms with Crippen molar-refractivity contribution < 1.29 is 38.2 Å². The first-order chi connectivity index (χ1) is 20.0. The summed E-state index contributed by atoms with van der Waals surface area (Å²) in [5, 5.41) is 10.6. The van der Waals surface area contributed by atoms with Crippen molar-refractivity contribution in [3.63, 3.8) is 0 Å². The Balaban J connectivity index is 1.59. The van der Waals surface area contributed by atoms with E-state index in [0.717, 1.165) is 42.3 Å². The highest BCUT2D eigenvalue weighted by Gasteiger charge is 2.48. The molecule has 3 aliphatic rings. The predicted molar refractivity (Wildman–Crippen MR) is 158 cm³/mol. The summed E-state index contributed by atoms with van der Waals surface area (Å²) < 4.78 is 17.6. The Morgan fingerprint density at radius 3 is 2.57 bits per heavy atom. The fourth-order valence-corrected chi connectivity index (χ4v) is 6.50. The van der Waals surface area contributed by atoms with E-state index in [4.69, 9.17) is 14.2 Å². The Morgan fingerprint density at radius 1 is 1.17 bits per heavy atom. The fraction of sp³-hybridized carbons (Fsp3) is 0.710. The van der Waals surface area contributed by atoms with E-state index in [0.29, 0.717) is 62.8 Å². The zero-order valence-electron chi connectivity index (χ0n) is 26.0. The van der Waals surface area contributed by atoms with Crippen LogP contribution >= 0.6 is 0 Å². The molecule has 2 amide bonds. The van der Waals surface area contributed by atoms with Crippen LogP contribution in [0, 0.1) is 5.92 Å². The van der Waals surface area contributed by atoms with E-state index < -0.39 is 17.9 Å². The number of nitrogens with zero attached hydrogens (tertiary/aromatic N) is 4. The van der Waals surface area contributed by atoms with Crippen molar-refractivity contribution in [2.24, 2.45) is 5.92 Å². The van der Waals surface area contributed by atoms with Crippen LogP contribution in [0.15, 0.2) is 12.1 Å². The average Bonchev–Trinajstić information content (AvgIpc) is 3.66. The number of hydrogen-bond donors (Lipinski definition) is 1. The molecule has 1 aromatic carbocycles. The van der Waals surface area contributed by atoms with E-state index >= 15 is 0 Å². The van der Waals surface area contributed by atoms with Crippen LogP contribution in [0.25, 0.3) is 0 Å². The van der Waals surface area contributed by atoms with Gasteiger partial charge in [0.05, 0.1) is 47.3 Å². The number of hydrogen-bond acceptors (Lipinski definition) is 7. The molecular formula is C31H49N4O7+. The van der Waals surface area contributed by atoms with E-state index in [9.17, 15) is 19.5 Å². The smallest absolute Gasteiger partial charge is 0.308 e. The lowest BCUT2D eigenvalue weighted by molar-refractivity contribution is -0.870. The molecule has 234 valence electrons. The number of carboxylic acids is 1. The molecule has 1 unspecified atom stereocenters. The van der Waals surface area contributed by atoms with Crippen molar-refractivity contribution in [3.8, 4) is 17.2 Å². The molecule has 0 aromatic heterocycles. The van der Waals surface area contributed by atoms with Gasteiger partial charge in [-0.15, -0.1) is 0 Å². The van der Waals surface area contributed by atoms with Crippen LogP contribution in [0.3, 0.4) is 0 Å². The second-order valence-corrected chi connectivity index (χ2v) is 12.8.